The molecule has 0 aromatic carbocycles. The number of aliphatic hydroxyl groups is 1. The molecule has 0 fully saturated rings. The number of hydrogen-bond acceptors (Lipinski definition) is 3. The molecule has 80 valence electrons. The van der Waals surface area contributed by atoms with Crippen molar-refractivity contribution >= 4 is 38.9 Å². The summed E-state index contributed by atoms with van der Waals surface area (Å²) in [6.45, 7) is 1.84. The fraction of sp³-hybridized carbons (Fsp3) is 0.200. The number of aliphatic hydroxyl groups excluding tert-OH is 1. The molecule has 0 aliphatic heterocycles. The van der Waals surface area contributed by atoms with E-state index in [1.807, 2.05) is 13.0 Å². The molecule has 0 saturated heterocycles. The molecule has 0 bridgehead atoms. The van der Waals surface area contributed by atoms with Gasteiger partial charge in [0.15, 0.2) is 0 Å². The van der Waals surface area contributed by atoms with Gasteiger partial charge in [0.1, 0.15) is 22.0 Å². The van der Waals surface area contributed by atoms with Gasteiger partial charge in [0.2, 0.25) is 0 Å². The molecule has 1 unspecified atom stereocenters. The van der Waals surface area contributed by atoms with Gasteiger partial charge in [-0.2, -0.15) is 0 Å². The normalized spacial score (nSPS) is 13.1. The molecule has 2 aromatic rings. The van der Waals surface area contributed by atoms with Gasteiger partial charge < -0.3 is 9.52 Å². The van der Waals surface area contributed by atoms with E-state index in [1.165, 1.54) is 11.3 Å². The summed E-state index contributed by atoms with van der Waals surface area (Å²) in [5.41, 5.74) is 0. The third kappa shape index (κ3) is 2.28. The molecule has 0 aliphatic carbocycles. The zero-order valence-corrected chi connectivity index (χ0v) is 11.0. The molecule has 2 aromatic heterocycles. The van der Waals surface area contributed by atoms with Gasteiger partial charge in [0, 0.05) is 9.35 Å². The third-order valence-electron chi connectivity index (χ3n) is 1.96. The number of rotatable bonds is 2. The molecule has 0 aliphatic rings. The summed E-state index contributed by atoms with van der Waals surface area (Å²) in [5.74, 6) is 1.32. The van der Waals surface area contributed by atoms with Crippen molar-refractivity contribution < 1.29 is 9.52 Å². The van der Waals surface area contributed by atoms with Gasteiger partial charge >= 0.3 is 0 Å². The van der Waals surface area contributed by atoms with Crippen molar-refractivity contribution in [1.29, 1.82) is 0 Å². The van der Waals surface area contributed by atoms with E-state index >= 15 is 0 Å². The Balaban J connectivity index is 2.31. The van der Waals surface area contributed by atoms with E-state index < -0.39 is 6.10 Å². The second-order valence-electron chi connectivity index (χ2n) is 3.12. The molecular weight excluding hydrogens is 300 g/mol. The van der Waals surface area contributed by atoms with Crippen LogP contribution in [-0.2, 0) is 0 Å². The Bertz CT molecular complexity index is 458. The average molecular weight is 308 g/mol. The maximum Gasteiger partial charge on any atom is 0.146 e. The Morgan fingerprint density at radius 1 is 1.53 bits per heavy atom. The lowest BCUT2D eigenvalue weighted by Gasteiger charge is -2.03. The van der Waals surface area contributed by atoms with E-state index in [0.717, 1.165) is 15.1 Å². The fourth-order valence-electron chi connectivity index (χ4n) is 1.24. The highest BCUT2D eigenvalue weighted by Crippen LogP contribution is 2.37. The summed E-state index contributed by atoms with van der Waals surface area (Å²) in [6.07, 6.45) is -0.743. The Labute approximate surface area is 105 Å². The Hall–Kier alpha value is -0.290. The van der Waals surface area contributed by atoms with Gasteiger partial charge in [-0.25, -0.2) is 0 Å². The first-order valence-electron chi connectivity index (χ1n) is 4.27. The van der Waals surface area contributed by atoms with E-state index in [1.54, 1.807) is 12.1 Å². The highest BCUT2D eigenvalue weighted by atomic mass is 79.9. The number of hydrogen-bond donors (Lipinski definition) is 1. The van der Waals surface area contributed by atoms with Crippen LogP contribution in [-0.4, -0.2) is 5.11 Å². The molecule has 2 nitrogen and oxygen atoms in total. The van der Waals surface area contributed by atoms with Gasteiger partial charge in [-0.05, 0) is 41.1 Å². The van der Waals surface area contributed by atoms with E-state index in [0.29, 0.717) is 10.1 Å². The smallest absolute Gasteiger partial charge is 0.146 e. The molecule has 0 saturated carbocycles. The molecular formula is C10H8BrClO2S. The van der Waals surface area contributed by atoms with Crippen LogP contribution in [0.3, 0.4) is 0 Å². The molecule has 0 radical (unpaired) electrons. The number of halogens is 2. The first-order valence-corrected chi connectivity index (χ1v) is 6.26. The maximum absolute atomic E-state index is 9.98. The van der Waals surface area contributed by atoms with Crippen molar-refractivity contribution in [2.45, 2.75) is 13.0 Å². The highest BCUT2D eigenvalue weighted by Gasteiger charge is 2.17. The number of aryl methyl sites for hydroxylation is 1. The summed E-state index contributed by atoms with van der Waals surface area (Å²) >= 11 is 10.5. The molecule has 2 rings (SSSR count). The van der Waals surface area contributed by atoms with Crippen molar-refractivity contribution in [3.63, 3.8) is 0 Å². The van der Waals surface area contributed by atoms with Crippen LogP contribution in [0, 0.1) is 6.92 Å². The number of thiophene rings is 1. The predicted octanol–water partition coefficient (Wildman–Crippen LogP) is 4.15. The minimum Gasteiger partial charge on any atom is -0.463 e. The van der Waals surface area contributed by atoms with Gasteiger partial charge in [-0.15, -0.1) is 11.3 Å². The monoisotopic (exact) mass is 306 g/mol. The Morgan fingerprint density at radius 2 is 2.27 bits per heavy atom. The minimum atomic E-state index is -0.743. The highest BCUT2D eigenvalue weighted by molar-refractivity contribution is 9.10. The average Bonchev–Trinajstić information content (AvgIpc) is 2.74. The second-order valence-corrected chi connectivity index (χ2v) is 5.66. The first-order chi connectivity index (χ1) is 7.08. The van der Waals surface area contributed by atoms with Crippen molar-refractivity contribution in [2.24, 2.45) is 0 Å². The van der Waals surface area contributed by atoms with Crippen molar-refractivity contribution in [2.75, 3.05) is 0 Å². The predicted molar refractivity (Wildman–Crippen MR) is 64.5 cm³/mol. The molecule has 15 heavy (non-hydrogen) atoms. The van der Waals surface area contributed by atoms with Crippen LogP contribution in [0.15, 0.2) is 27.1 Å². The fourth-order valence-corrected chi connectivity index (χ4v) is 2.97. The lowest BCUT2D eigenvalue weighted by atomic mass is 10.2. The van der Waals surface area contributed by atoms with E-state index in [2.05, 4.69) is 15.9 Å². The topological polar surface area (TPSA) is 33.4 Å². The van der Waals surface area contributed by atoms with Crippen LogP contribution >= 0.6 is 38.9 Å². The van der Waals surface area contributed by atoms with Crippen LogP contribution in [0.25, 0.3) is 0 Å². The Kier molecular flexibility index (Phi) is 3.21. The molecule has 2 heterocycles. The summed E-state index contributed by atoms with van der Waals surface area (Å²) in [6, 6.07) is 5.39. The van der Waals surface area contributed by atoms with E-state index in [4.69, 9.17) is 16.0 Å². The van der Waals surface area contributed by atoms with Crippen LogP contribution < -0.4 is 0 Å². The van der Waals surface area contributed by atoms with Crippen molar-refractivity contribution in [3.05, 3.63) is 43.4 Å². The lowest BCUT2D eigenvalue weighted by molar-refractivity contribution is 0.191. The minimum absolute atomic E-state index is 0.540. The van der Waals surface area contributed by atoms with E-state index in [-0.39, 0.29) is 0 Å². The van der Waals surface area contributed by atoms with Crippen molar-refractivity contribution in [3.8, 4) is 0 Å². The van der Waals surface area contributed by atoms with Crippen LogP contribution in [0.5, 0.6) is 0 Å². The van der Waals surface area contributed by atoms with Crippen molar-refractivity contribution in [1.82, 2.24) is 0 Å². The maximum atomic E-state index is 9.98. The molecule has 1 atom stereocenters. The molecule has 1 N–H and O–H groups in total. The van der Waals surface area contributed by atoms with Gasteiger partial charge in [-0.3, -0.25) is 0 Å². The van der Waals surface area contributed by atoms with Crippen LogP contribution in [0.1, 0.15) is 22.5 Å². The summed E-state index contributed by atoms with van der Waals surface area (Å²) in [4.78, 5) is 0.765. The lowest BCUT2D eigenvalue weighted by Crippen LogP contribution is -1.94. The summed E-state index contributed by atoms with van der Waals surface area (Å²) in [5, 5.41) is 9.98. The van der Waals surface area contributed by atoms with Gasteiger partial charge in [-0.1, -0.05) is 11.6 Å². The quantitative estimate of drug-likeness (QED) is 0.904. The number of furan rings is 1. The van der Waals surface area contributed by atoms with Crippen LogP contribution in [0.4, 0.5) is 0 Å². The Morgan fingerprint density at radius 3 is 2.73 bits per heavy atom. The summed E-state index contributed by atoms with van der Waals surface area (Å²) in [7, 11) is 0. The zero-order chi connectivity index (χ0) is 11.0. The van der Waals surface area contributed by atoms with Gasteiger partial charge in [0.25, 0.3) is 0 Å². The zero-order valence-electron chi connectivity index (χ0n) is 7.83. The molecule has 5 heteroatoms. The largest absolute Gasteiger partial charge is 0.463 e. The third-order valence-corrected chi connectivity index (χ3v) is 4.49. The van der Waals surface area contributed by atoms with Gasteiger partial charge in [0.05, 0.1) is 0 Å². The standard InChI is InChI=1S/C10H8BrClO2S/c1-5-2-3-7(14-5)9(13)8-4-6(11)10(12)15-8/h2-4,9,13H,1H3. The van der Waals surface area contributed by atoms with E-state index in [9.17, 15) is 5.11 Å². The SMILES string of the molecule is Cc1ccc(C(O)c2cc(Br)c(Cl)s2)o1. The summed E-state index contributed by atoms with van der Waals surface area (Å²) < 4.78 is 6.78. The van der Waals surface area contributed by atoms with Crippen LogP contribution in [0.2, 0.25) is 4.34 Å². The molecule has 0 amide bonds. The first kappa shape index (κ1) is 11.2. The second kappa shape index (κ2) is 4.29. The molecule has 0 spiro atoms.